The fraction of sp³-hybridized carbons (Fsp3) is 0.500. The summed E-state index contributed by atoms with van der Waals surface area (Å²) in [6.07, 6.45) is 1.02. The van der Waals surface area contributed by atoms with Gasteiger partial charge in [0.25, 0.3) is 0 Å². The van der Waals surface area contributed by atoms with E-state index < -0.39 is 60.2 Å². The number of hydrogen-bond donors (Lipinski definition) is 8. The molecule has 0 spiro atoms. The molecule has 0 fully saturated rings. The molecule has 0 aliphatic carbocycles. The van der Waals surface area contributed by atoms with Crippen LogP contribution < -0.4 is 33.2 Å². The number of primary amides is 1. The second kappa shape index (κ2) is 14.5. The van der Waals surface area contributed by atoms with Crippen molar-refractivity contribution in [3.8, 4) is 5.75 Å². The van der Waals surface area contributed by atoms with Crippen LogP contribution in [0.5, 0.6) is 5.75 Å². The number of benzene rings is 1. The monoisotopic (exact) mass is 494 g/mol. The van der Waals surface area contributed by atoms with Crippen LogP contribution in [0.3, 0.4) is 0 Å². The van der Waals surface area contributed by atoms with E-state index in [0.717, 1.165) is 0 Å². The van der Waals surface area contributed by atoms with Crippen molar-refractivity contribution >= 4 is 29.6 Å². The molecule has 4 atom stereocenters. The SMILES string of the molecule is CC(NC(=O)C(CC(N)=O)NC(=O)C(Cc1ccc(O)cc1)NC(=O)C(N)CCCCN)C(=O)O. The Bertz CT molecular complexity index is 893. The van der Waals surface area contributed by atoms with Crippen molar-refractivity contribution in [3.05, 3.63) is 29.8 Å². The van der Waals surface area contributed by atoms with Crippen LogP contribution in [-0.2, 0) is 30.4 Å². The molecule has 13 heteroatoms. The number of aliphatic carboxylic acids is 1. The maximum atomic E-state index is 13.1. The van der Waals surface area contributed by atoms with Gasteiger partial charge >= 0.3 is 5.97 Å². The third kappa shape index (κ3) is 10.8. The Morgan fingerprint density at radius 3 is 2.03 bits per heavy atom. The van der Waals surface area contributed by atoms with Crippen molar-refractivity contribution in [1.82, 2.24) is 16.0 Å². The van der Waals surface area contributed by atoms with Crippen molar-refractivity contribution in [3.63, 3.8) is 0 Å². The molecular formula is C22H34N6O7. The molecule has 0 radical (unpaired) electrons. The number of amides is 4. The number of phenolic OH excluding ortho intramolecular Hbond substituents is 1. The molecule has 13 nitrogen and oxygen atoms in total. The Labute approximate surface area is 202 Å². The van der Waals surface area contributed by atoms with Crippen LogP contribution in [-0.4, -0.2) is 70.5 Å². The molecule has 0 heterocycles. The lowest BCUT2D eigenvalue weighted by molar-refractivity contribution is -0.142. The normalized spacial score (nSPS) is 14.1. The van der Waals surface area contributed by atoms with Crippen LogP contribution in [0.15, 0.2) is 24.3 Å². The zero-order chi connectivity index (χ0) is 26.5. The predicted molar refractivity (Wildman–Crippen MR) is 126 cm³/mol. The zero-order valence-electron chi connectivity index (χ0n) is 19.5. The first-order valence-electron chi connectivity index (χ1n) is 11.1. The number of carbonyl (C=O) groups excluding carboxylic acids is 4. The summed E-state index contributed by atoms with van der Waals surface area (Å²) in [5.41, 5.74) is 17.1. The fourth-order valence-corrected chi connectivity index (χ4v) is 3.05. The first kappa shape index (κ1) is 29.3. The average Bonchev–Trinajstić information content (AvgIpc) is 2.79. The smallest absolute Gasteiger partial charge is 0.325 e. The van der Waals surface area contributed by atoms with Gasteiger partial charge in [-0.15, -0.1) is 0 Å². The molecule has 0 saturated heterocycles. The topological polar surface area (TPSA) is 240 Å². The number of phenols is 1. The molecule has 0 aliphatic rings. The summed E-state index contributed by atoms with van der Waals surface area (Å²) < 4.78 is 0. The molecule has 1 rings (SSSR count). The number of rotatable bonds is 15. The van der Waals surface area contributed by atoms with Crippen LogP contribution in [0, 0.1) is 0 Å². The molecule has 4 amide bonds. The highest BCUT2D eigenvalue weighted by molar-refractivity contribution is 5.96. The Balaban J connectivity index is 3.06. The van der Waals surface area contributed by atoms with E-state index >= 15 is 0 Å². The molecule has 35 heavy (non-hydrogen) atoms. The maximum Gasteiger partial charge on any atom is 0.325 e. The molecule has 194 valence electrons. The Morgan fingerprint density at radius 1 is 0.914 bits per heavy atom. The first-order chi connectivity index (χ1) is 16.4. The van der Waals surface area contributed by atoms with E-state index in [1.165, 1.54) is 19.1 Å². The van der Waals surface area contributed by atoms with Gasteiger partial charge in [-0.05, 0) is 44.0 Å². The second-order valence-corrected chi connectivity index (χ2v) is 8.12. The number of aromatic hydroxyl groups is 1. The lowest BCUT2D eigenvalue weighted by atomic mass is 10.0. The van der Waals surface area contributed by atoms with Gasteiger partial charge in [0.05, 0.1) is 12.5 Å². The summed E-state index contributed by atoms with van der Waals surface area (Å²) in [6.45, 7) is 1.66. The maximum absolute atomic E-state index is 13.1. The minimum atomic E-state index is -1.47. The zero-order valence-corrected chi connectivity index (χ0v) is 19.5. The molecule has 1 aromatic rings. The van der Waals surface area contributed by atoms with E-state index in [1.54, 1.807) is 12.1 Å². The molecule has 11 N–H and O–H groups in total. The number of unbranched alkanes of at least 4 members (excludes halogenated alkanes) is 1. The minimum Gasteiger partial charge on any atom is -0.508 e. The van der Waals surface area contributed by atoms with E-state index in [4.69, 9.17) is 22.3 Å². The van der Waals surface area contributed by atoms with Gasteiger partial charge in [0.1, 0.15) is 23.9 Å². The summed E-state index contributed by atoms with van der Waals surface area (Å²) in [4.78, 5) is 60.7. The van der Waals surface area contributed by atoms with Gasteiger partial charge < -0.3 is 43.4 Å². The standard InChI is InChI=1S/C22H34N6O7/c1-12(22(34)35)26-20(32)17(11-18(25)30)28-21(33)16(10-13-5-7-14(29)8-6-13)27-19(31)15(24)4-2-3-9-23/h5-8,12,15-17,29H,2-4,9-11,23-24H2,1H3,(H2,25,30)(H,26,32)(H,27,31)(H,28,33)(H,34,35). The van der Waals surface area contributed by atoms with Crippen LogP contribution in [0.1, 0.15) is 38.2 Å². The summed E-state index contributed by atoms with van der Waals surface area (Å²) in [7, 11) is 0. The molecule has 0 saturated carbocycles. The van der Waals surface area contributed by atoms with Crippen molar-refractivity contribution in [2.75, 3.05) is 6.54 Å². The quantitative estimate of drug-likeness (QED) is 0.123. The van der Waals surface area contributed by atoms with Crippen molar-refractivity contribution in [2.24, 2.45) is 17.2 Å². The molecule has 1 aromatic carbocycles. The first-order valence-corrected chi connectivity index (χ1v) is 11.1. The molecule has 0 aliphatic heterocycles. The van der Waals surface area contributed by atoms with Gasteiger partial charge in [0.2, 0.25) is 23.6 Å². The number of carbonyl (C=O) groups is 5. The summed E-state index contributed by atoms with van der Waals surface area (Å²) in [6, 6.07) is 1.04. The number of nitrogens with two attached hydrogens (primary N) is 3. The lowest BCUT2D eigenvalue weighted by Gasteiger charge is -2.24. The number of nitrogens with one attached hydrogen (secondary N) is 3. The highest BCUT2D eigenvalue weighted by Crippen LogP contribution is 2.12. The number of carboxylic acid groups (broad SMARTS) is 1. The van der Waals surface area contributed by atoms with Gasteiger partial charge in [-0.1, -0.05) is 18.6 Å². The highest BCUT2D eigenvalue weighted by Gasteiger charge is 2.30. The van der Waals surface area contributed by atoms with Gasteiger partial charge in [-0.25, -0.2) is 0 Å². The molecule has 0 bridgehead atoms. The average molecular weight is 495 g/mol. The lowest BCUT2D eigenvalue weighted by Crippen LogP contribution is -2.58. The van der Waals surface area contributed by atoms with E-state index in [0.29, 0.717) is 31.4 Å². The molecule has 0 aromatic heterocycles. The Kier molecular flexibility index (Phi) is 12.2. The third-order valence-corrected chi connectivity index (χ3v) is 5.08. The van der Waals surface area contributed by atoms with Crippen molar-refractivity contribution in [1.29, 1.82) is 0 Å². The third-order valence-electron chi connectivity index (χ3n) is 5.08. The van der Waals surface area contributed by atoms with Gasteiger partial charge in [-0.2, -0.15) is 0 Å². The summed E-state index contributed by atoms with van der Waals surface area (Å²) in [5.74, 6) is -4.56. The van der Waals surface area contributed by atoms with E-state index in [-0.39, 0.29) is 12.2 Å². The van der Waals surface area contributed by atoms with Gasteiger partial charge in [0, 0.05) is 6.42 Å². The van der Waals surface area contributed by atoms with Crippen LogP contribution in [0.4, 0.5) is 0 Å². The second-order valence-electron chi connectivity index (χ2n) is 8.12. The van der Waals surface area contributed by atoms with Crippen LogP contribution >= 0.6 is 0 Å². The van der Waals surface area contributed by atoms with Gasteiger partial charge in [-0.3, -0.25) is 24.0 Å². The fourth-order valence-electron chi connectivity index (χ4n) is 3.05. The minimum absolute atomic E-state index is 0.00598. The Morgan fingerprint density at radius 2 is 1.49 bits per heavy atom. The number of hydrogen-bond acceptors (Lipinski definition) is 8. The van der Waals surface area contributed by atoms with Gasteiger partial charge in [0.15, 0.2) is 0 Å². The van der Waals surface area contributed by atoms with E-state index in [9.17, 15) is 29.1 Å². The van der Waals surface area contributed by atoms with Crippen molar-refractivity contribution in [2.45, 2.75) is 63.2 Å². The summed E-state index contributed by atoms with van der Waals surface area (Å²) in [5, 5.41) is 25.6. The predicted octanol–water partition coefficient (Wildman–Crippen LogP) is -2.17. The largest absolute Gasteiger partial charge is 0.508 e. The van der Waals surface area contributed by atoms with E-state index in [2.05, 4.69) is 16.0 Å². The van der Waals surface area contributed by atoms with E-state index in [1.807, 2.05) is 0 Å². The van der Waals surface area contributed by atoms with Crippen LogP contribution in [0.2, 0.25) is 0 Å². The molecule has 4 unspecified atom stereocenters. The van der Waals surface area contributed by atoms with Crippen molar-refractivity contribution < 1.29 is 34.2 Å². The summed E-state index contributed by atoms with van der Waals surface area (Å²) >= 11 is 0. The molecular weight excluding hydrogens is 460 g/mol. The van der Waals surface area contributed by atoms with Crippen LogP contribution in [0.25, 0.3) is 0 Å². The Hall–Kier alpha value is -3.71. The highest BCUT2D eigenvalue weighted by atomic mass is 16.4. The number of carboxylic acids is 1.